The van der Waals surface area contributed by atoms with Crippen molar-refractivity contribution in [2.24, 2.45) is 0 Å². The lowest BCUT2D eigenvalue weighted by Gasteiger charge is -2.36. The number of ether oxygens (including phenoxy) is 1. The molecule has 194 valence electrons. The highest BCUT2D eigenvalue weighted by Crippen LogP contribution is 2.33. The predicted octanol–water partition coefficient (Wildman–Crippen LogP) is 3.09. The van der Waals surface area contributed by atoms with Crippen LogP contribution in [0.15, 0.2) is 53.3 Å². The Hall–Kier alpha value is -2.10. The molecule has 9 nitrogen and oxygen atoms in total. The number of hydrogen-bond donors (Lipinski definition) is 0. The van der Waals surface area contributed by atoms with Crippen molar-refractivity contribution in [1.82, 2.24) is 9.47 Å². The molecule has 12 heteroatoms. The van der Waals surface area contributed by atoms with Crippen LogP contribution in [0.1, 0.15) is 12.8 Å². The van der Waals surface area contributed by atoms with E-state index in [0.717, 1.165) is 55.8 Å². The normalized spacial score (nSPS) is 14.9. The van der Waals surface area contributed by atoms with Gasteiger partial charge in [-0.25, -0.2) is 0 Å². The van der Waals surface area contributed by atoms with Crippen molar-refractivity contribution < 1.29 is 23.6 Å². The van der Waals surface area contributed by atoms with Crippen LogP contribution in [0, 0.1) is 0 Å². The van der Waals surface area contributed by atoms with E-state index in [-0.39, 0.29) is 0 Å². The Morgan fingerprint density at radius 1 is 0.972 bits per heavy atom. The molecule has 0 unspecified atom stereocenters. The summed E-state index contributed by atoms with van der Waals surface area (Å²) in [7, 11) is -5.21. The van der Waals surface area contributed by atoms with E-state index in [1.54, 1.807) is 30.3 Å². The van der Waals surface area contributed by atoms with Crippen LogP contribution in [-0.4, -0.2) is 48.8 Å². The maximum absolute atomic E-state index is 12.2. The zero-order valence-corrected chi connectivity index (χ0v) is 21.9. The van der Waals surface area contributed by atoms with Gasteiger partial charge in [0.05, 0.1) is 35.7 Å². The summed E-state index contributed by atoms with van der Waals surface area (Å²) in [6.45, 7) is 4.41. The molecule has 0 aliphatic carbocycles. The summed E-state index contributed by atoms with van der Waals surface area (Å²) in [5, 5.41) is 1.85. The van der Waals surface area contributed by atoms with Gasteiger partial charge in [-0.3, -0.25) is 14.3 Å². The van der Waals surface area contributed by atoms with E-state index in [2.05, 4.69) is 14.3 Å². The molecule has 1 saturated heterocycles. The van der Waals surface area contributed by atoms with E-state index >= 15 is 0 Å². The van der Waals surface area contributed by atoms with E-state index in [0.29, 0.717) is 33.3 Å². The number of halogens is 2. The lowest BCUT2D eigenvalue weighted by molar-refractivity contribution is -0.344. The van der Waals surface area contributed by atoms with Gasteiger partial charge in [-0.1, -0.05) is 29.3 Å². The zero-order chi connectivity index (χ0) is 25.7. The summed E-state index contributed by atoms with van der Waals surface area (Å²) in [5.41, 5.74) is 0.914. The van der Waals surface area contributed by atoms with Gasteiger partial charge in [0.25, 0.3) is 5.56 Å². The number of rotatable bonds is 10. The van der Waals surface area contributed by atoms with Crippen LogP contribution >= 0.6 is 31.0 Å². The third kappa shape index (κ3) is 7.01. The van der Waals surface area contributed by atoms with Crippen molar-refractivity contribution in [1.29, 1.82) is 0 Å². The highest BCUT2D eigenvalue weighted by Gasteiger charge is 2.19. The Morgan fingerprint density at radius 3 is 2.47 bits per heavy atom. The van der Waals surface area contributed by atoms with Crippen LogP contribution in [-0.2, 0) is 15.8 Å². The molecular formula is C24H26Cl2N3O6P-2. The molecule has 2 heterocycles. The standard InChI is InChI=1S/C24H28Cl2N3O6P/c25-20-4-3-5-21(24(20)26)28-13-11-27(12-14-28)10-1-2-15-34-19-8-6-18-7-9-23(30)29(22(18)16-19)17-35-36(31,32)33/h3-9,16H,1-2,10-15,17H2,(H2,31,32,33)/p-2. The van der Waals surface area contributed by atoms with E-state index in [1.807, 2.05) is 12.1 Å². The molecule has 4 rings (SSSR count). The lowest BCUT2D eigenvalue weighted by atomic mass is 10.2. The topological polar surface area (TPSA) is 110 Å². The molecule has 0 spiro atoms. The number of unbranched alkanes of at least 4 members (excludes halogenated alkanes) is 1. The summed E-state index contributed by atoms with van der Waals surface area (Å²) in [5.74, 6) is 0.543. The van der Waals surface area contributed by atoms with Gasteiger partial charge in [0, 0.05) is 38.3 Å². The summed E-state index contributed by atoms with van der Waals surface area (Å²) in [6, 6.07) is 13.8. The number of anilines is 1. The fourth-order valence-electron chi connectivity index (χ4n) is 4.20. The van der Waals surface area contributed by atoms with E-state index in [1.165, 1.54) is 6.07 Å². The van der Waals surface area contributed by atoms with Gasteiger partial charge >= 0.3 is 0 Å². The number of benzene rings is 2. The summed E-state index contributed by atoms with van der Waals surface area (Å²) >= 11 is 12.5. The number of phosphoric ester groups is 1. The van der Waals surface area contributed by atoms with Gasteiger partial charge in [-0.15, -0.1) is 0 Å². The first-order valence-corrected chi connectivity index (χ1v) is 13.8. The minimum absolute atomic E-state index is 0.422. The summed E-state index contributed by atoms with van der Waals surface area (Å²) in [4.78, 5) is 38.5. The Bertz CT molecular complexity index is 1310. The Labute approximate surface area is 219 Å². The predicted molar refractivity (Wildman–Crippen MR) is 137 cm³/mol. The highest BCUT2D eigenvalue weighted by atomic mass is 35.5. The van der Waals surface area contributed by atoms with Gasteiger partial charge in [-0.2, -0.15) is 0 Å². The number of phosphoric acid groups is 1. The molecule has 0 radical (unpaired) electrons. The molecule has 2 aromatic carbocycles. The Morgan fingerprint density at radius 2 is 1.72 bits per heavy atom. The van der Waals surface area contributed by atoms with Crippen LogP contribution in [0.5, 0.6) is 5.75 Å². The van der Waals surface area contributed by atoms with E-state index in [4.69, 9.17) is 27.9 Å². The summed E-state index contributed by atoms with van der Waals surface area (Å²) in [6.07, 6.45) is 1.81. The zero-order valence-electron chi connectivity index (χ0n) is 19.5. The van der Waals surface area contributed by atoms with Gasteiger partial charge in [0.15, 0.2) is 0 Å². The monoisotopic (exact) mass is 553 g/mol. The van der Waals surface area contributed by atoms with Crippen molar-refractivity contribution in [2.45, 2.75) is 19.6 Å². The van der Waals surface area contributed by atoms with Crippen molar-refractivity contribution in [3.8, 4) is 5.75 Å². The lowest BCUT2D eigenvalue weighted by Crippen LogP contribution is -2.46. The molecule has 0 saturated carbocycles. The fraction of sp³-hybridized carbons (Fsp3) is 0.375. The van der Waals surface area contributed by atoms with Crippen LogP contribution in [0.4, 0.5) is 5.69 Å². The molecule has 1 aromatic heterocycles. The van der Waals surface area contributed by atoms with Crippen LogP contribution < -0.4 is 25.0 Å². The molecule has 0 N–H and O–H groups in total. The van der Waals surface area contributed by atoms with E-state index in [9.17, 15) is 19.1 Å². The Balaban J connectivity index is 1.24. The smallest absolute Gasteiger partial charge is 0.252 e. The van der Waals surface area contributed by atoms with Gasteiger partial charge < -0.3 is 28.5 Å². The molecule has 3 aromatic rings. The average Bonchev–Trinajstić information content (AvgIpc) is 2.85. The molecule has 1 aliphatic rings. The van der Waals surface area contributed by atoms with Gasteiger partial charge in [0.1, 0.15) is 12.5 Å². The number of pyridine rings is 1. The maximum Gasteiger partial charge on any atom is 0.252 e. The molecule has 1 fully saturated rings. The first-order valence-electron chi connectivity index (χ1n) is 11.6. The minimum atomic E-state index is -5.21. The molecule has 1 aliphatic heterocycles. The van der Waals surface area contributed by atoms with Crippen molar-refractivity contribution in [3.05, 3.63) is 68.9 Å². The number of fused-ring (bicyclic) bond motifs is 1. The van der Waals surface area contributed by atoms with Crippen molar-refractivity contribution in [3.63, 3.8) is 0 Å². The van der Waals surface area contributed by atoms with Gasteiger partial charge in [0.2, 0.25) is 0 Å². The second-order valence-corrected chi connectivity index (χ2v) is 10.4. The van der Waals surface area contributed by atoms with Gasteiger partial charge in [-0.05, 0) is 55.1 Å². The first kappa shape index (κ1) is 26.9. The largest absolute Gasteiger partial charge is 0.790 e. The third-order valence-electron chi connectivity index (χ3n) is 6.09. The maximum atomic E-state index is 12.2. The van der Waals surface area contributed by atoms with E-state index < -0.39 is 20.1 Å². The number of hydrogen-bond acceptors (Lipinski definition) is 8. The SMILES string of the molecule is O=c1ccc2ccc(OCCCCN3CCN(c4cccc(Cl)c4Cl)CC3)cc2n1COP(=O)([O-])[O-]. The third-order valence-corrected chi connectivity index (χ3v) is 7.33. The second-order valence-electron chi connectivity index (χ2n) is 8.48. The minimum Gasteiger partial charge on any atom is -0.790 e. The average molecular weight is 554 g/mol. The number of aromatic nitrogens is 1. The number of nitrogens with zero attached hydrogens (tertiary/aromatic N) is 3. The van der Waals surface area contributed by atoms with Crippen LogP contribution in [0.2, 0.25) is 10.0 Å². The van der Waals surface area contributed by atoms with Crippen molar-refractivity contribution >= 4 is 47.6 Å². The highest BCUT2D eigenvalue weighted by molar-refractivity contribution is 7.43. The summed E-state index contributed by atoms with van der Waals surface area (Å²) < 4.78 is 22.1. The molecule has 0 atom stereocenters. The molecule has 0 amide bonds. The molecular weight excluding hydrogens is 528 g/mol. The molecule has 36 heavy (non-hydrogen) atoms. The van der Waals surface area contributed by atoms with Crippen LogP contribution in [0.25, 0.3) is 10.9 Å². The first-order chi connectivity index (χ1) is 17.2. The van der Waals surface area contributed by atoms with Crippen LogP contribution in [0.3, 0.4) is 0 Å². The Kier molecular flexibility index (Phi) is 8.96. The quantitative estimate of drug-likeness (QED) is 0.278. The molecule has 0 bridgehead atoms. The fourth-order valence-corrected chi connectivity index (χ4v) is 4.87. The van der Waals surface area contributed by atoms with Crippen molar-refractivity contribution in [2.75, 3.05) is 44.2 Å². The second kappa shape index (κ2) is 12.0. The number of piperazine rings is 1.